The van der Waals surface area contributed by atoms with Gasteiger partial charge in [0.15, 0.2) is 0 Å². The van der Waals surface area contributed by atoms with Gasteiger partial charge in [0, 0.05) is 11.3 Å². The second-order valence-electron chi connectivity index (χ2n) is 8.12. The minimum atomic E-state index is -0.295. The van der Waals surface area contributed by atoms with Crippen LogP contribution < -0.4 is 5.32 Å². The summed E-state index contributed by atoms with van der Waals surface area (Å²) in [6.07, 6.45) is 17.5. The van der Waals surface area contributed by atoms with E-state index < -0.39 is 0 Å². The highest BCUT2D eigenvalue weighted by Crippen LogP contribution is 2.39. The van der Waals surface area contributed by atoms with Crippen molar-refractivity contribution < 1.29 is 14.3 Å². The smallest absolute Gasteiger partial charge is 0.341 e. The Morgan fingerprint density at radius 3 is 2.14 bits per heavy atom. The number of anilines is 1. The average molecular weight is 422 g/mol. The summed E-state index contributed by atoms with van der Waals surface area (Å²) < 4.78 is 5.22. The molecule has 2 rings (SSSR count). The lowest BCUT2D eigenvalue weighted by Crippen LogP contribution is -2.14. The fourth-order valence-corrected chi connectivity index (χ4v) is 5.34. The molecule has 1 aliphatic carbocycles. The first-order valence-corrected chi connectivity index (χ1v) is 12.6. The Kier molecular flexibility index (Phi) is 11.4. The number of nitrogens with one attached hydrogen (secondary N) is 1. The van der Waals surface area contributed by atoms with Crippen LogP contribution >= 0.6 is 11.3 Å². The zero-order valence-corrected chi connectivity index (χ0v) is 19.3. The molecule has 164 valence electrons. The molecule has 1 aliphatic rings. The van der Waals surface area contributed by atoms with Crippen LogP contribution in [0.15, 0.2) is 0 Å². The molecule has 0 spiro atoms. The summed E-state index contributed by atoms with van der Waals surface area (Å²) in [4.78, 5) is 26.0. The Bertz CT molecular complexity index is 638. The van der Waals surface area contributed by atoms with Gasteiger partial charge in [0.25, 0.3) is 0 Å². The van der Waals surface area contributed by atoms with Crippen molar-refractivity contribution in [2.24, 2.45) is 0 Å². The number of hydrogen-bond acceptors (Lipinski definition) is 4. The van der Waals surface area contributed by atoms with E-state index in [2.05, 4.69) is 12.2 Å². The minimum absolute atomic E-state index is 0.0198. The van der Waals surface area contributed by atoms with E-state index in [1.54, 1.807) is 11.3 Å². The number of ether oxygens (including phenoxy) is 1. The van der Waals surface area contributed by atoms with Crippen LogP contribution in [-0.2, 0) is 22.4 Å². The molecule has 1 heterocycles. The van der Waals surface area contributed by atoms with Gasteiger partial charge in [0.05, 0.1) is 12.2 Å². The predicted octanol–water partition coefficient (Wildman–Crippen LogP) is 7.05. The van der Waals surface area contributed by atoms with Gasteiger partial charge in [-0.05, 0) is 38.2 Å². The van der Waals surface area contributed by atoms with Crippen LogP contribution in [0.25, 0.3) is 0 Å². The van der Waals surface area contributed by atoms with Gasteiger partial charge < -0.3 is 10.1 Å². The van der Waals surface area contributed by atoms with Crippen molar-refractivity contribution in [1.29, 1.82) is 0 Å². The highest BCUT2D eigenvalue weighted by Gasteiger charge is 2.28. The molecule has 1 aromatic heterocycles. The standard InChI is InChI=1S/C24H39NO3S/c1-3-5-6-7-8-9-10-11-12-13-14-18-21(26)25-23-22(24(27)28-4-2)19-16-15-17-20(19)29-23/h3-18H2,1-2H3,(H,25,26). The second kappa shape index (κ2) is 13.8. The quantitative estimate of drug-likeness (QED) is 0.244. The zero-order chi connectivity index (χ0) is 20.9. The molecule has 4 nitrogen and oxygen atoms in total. The summed E-state index contributed by atoms with van der Waals surface area (Å²) in [5.74, 6) is -0.275. The number of esters is 1. The van der Waals surface area contributed by atoms with Crippen molar-refractivity contribution >= 4 is 28.2 Å². The molecule has 0 bridgehead atoms. The molecule has 0 saturated heterocycles. The first-order valence-electron chi connectivity index (χ1n) is 11.8. The zero-order valence-electron chi connectivity index (χ0n) is 18.4. The lowest BCUT2D eigenvalue weighted by atomic mass is 10.1. The summed E-state index contributed by atoms with van der Waals surface area (Å²) in [7, 11) is 0. The molecule has 0 atom stereocenters. The molecule has 0 fully saturated rings. The van der Waals surface area contributed by atoms with Gasteiger partial charge in [-0.25, -0.2) is 4.79 Å². The van der Waals surface area contributed by atoms with Gasteiger partial charge in [-0.1, -0.05) is 71.1 Å². The SMILES string of the molecule is CCCCCCCCCCCCCC(=O)Nc1sc2c(c1C(=O)OCC)CCC2. The van der Waals surface area contributed by atoms with Crippen molar-refractivity contribution in [3.05, 3.63) is 16.0 Å². The van der Waals surface area contributed by atoms with Crippen LogP contribution in [0.5, 0.6) is 0 Å². The van der Waals surface area contributed by atoms with Crippen molar-refractivity contribution in [2.75, 3.05) is 11.9 Å². The van der Waals surface area contributed by atoms with Gasteiger partial charge >= 0.3 is 5.97 Å². The maximum atomic E-state index is 12.4. The average Bonchev–Trinajstić information content (AvgIpc) is 3.27. The first kappa shape index (κ1) is 23.9. The van der Waals surface area contributed by atoms with E-state index in [-0.39, 0.29) is 11.9 Å². The van der Waals surface area contributed by atoms with E-state index in [4.69, 9.17) is 4.74 Å². The van der Waals surface area contributed by atoms with Crippen LogP contribution in [0.1, 0.15) is 118 Å². The van der Waals surface area contributed by atoms with Crippen molar-refractivity contribution in [3.63, 3.8) is 0 Å². The van der Waals surface area contributed by atoms with Gasteiger partial charge in [0.2, 0.25) is 5.91 Å². The number of thiophene rings is 1. The molecule has 0 aromatic carbocycles. The molecule has 29 heavy (non-hydrogen) atoms. The Labute approximate surface area is 180 Å². The largest absolute Gasteiger partial charge is 0.462 e. The van der Waals surface area contributed by atoms with Crippen molar-refractivity contribution in [2.45, 2.75) is 110 Å². The van der Waals surface area contributed by atoms with E-state index in [9.17, 15) is 9.59 Å². The highest BCUT2D eigenvalue weighted by atomic mass is 32.1. The first-order chi connectivity index (χ1) is 14.2. The molecular weight excluding hydrogens is 382 g/mol. The number of carbonyl (C=O) groups excluding carboxylic acids is 2. The van der Waals surface area contributed by atoms with Gasteiger partial charge in [-0.2, -0.15) is 0 Å². The second-order valence-corrected chi connectivity index (χ2v) is 9.22. The van der Waals surface area contributed by atoms with Crippen LogP contribution in [0.2, 0.25) is 0 Å². The molecule has 1 N–H and O–H groups in total. The van der Waals surface area contributed by atoms with E-state index >= 15 is 0 Å². The van der Waals surface area contributed by atoms with Crippen molar-refractivity contribution in [3.8, 4) is 0 Å². The maximum absolute atomic E-state index is 12.4. The molecule has 1 aromatic rings. The highest BCUT2D eigenvalue weighted by molar-refractivity contribution is 7.17. The number of aryl methyl sites for hydroxylation is 1. The predicted molar refractivity (Wildman–Crippen MR) is 122 cm³/mol. The minimum Gasteiger partial charge on any atom is -0.462 e. The number of fused-ring (bicyclic) bond motifs is 1. The van der Waals surface area contributed by atoms with E-state index in [1.165, 1.54) is 62.7 Å². The maximum Gasteiger partial charge on any atom is 0.341 e. The molecular formula is C24H39NO3S. The third-order valence-corrected chi connectivity index (χ3v) is 6.87. The van der Waals surface area contributed by atoms with E-state index in [1.807, 2.05) is 6.92 Å². The Morgan fingerprint density at radius 2 is 1.52 bits per heavy atom. The lowest BCUT2D eigenvalue weighted by molar-refractivity contribution is -0.116. The van der Waals surface area contributed by atoms with Crippen LogP contribution in [0.3, 0.4) is 0 Å². The van der Waals surface area contributed by atoms with Gasteiger partial charge in [-0.15, -0.1) is 11.3 Å². The fraction of sp³-hybridized carbons (Fsp3) is 0.750. The molecule has 5 heteroatoms. The molecule has 0 aliphatic heterocycles. The summed E-state index contributed by atoms with van der Waals surface area (Å²) in [6.45, 7) is 4.43. The third kappa shape index (κ3) is 8.12. The molecule has 1 amide bonds. The van der Waals surface area contributed by atoms with Gasteiger partial charge in [-0.3, -0.25) is 4.79 Å². The van der Waals surface area contributed by atoms with E-state index in [0.717, 1.165) is 37.7 Å². The third-order valence-electron chi connectivity index (χ3n) is 5.66. The van der Waals surface area contributed by atoms with Crippen LogP contribution in [0, 0.1) is 0 Å². The van der Waals surface area contributed by atoms with Crippen molar-refractivity contribution in [1.82, 2.24) is 0 Å². The number of unbranched alkanes of at least 4 members (excludes halogenated alkanes) is 10. The summed E-state index contributed by atoms with van der Waals surface area (Å²) >= 11 is 1.56. The van der Waals surface area contributed by atoms with Gasteiger partial charge in [0.1, 0.15) is 5.00 Å². The molecule has 0 saturated carbocycles. The lowest BCUT2D eigenvalue weighted by Gasteiger charge is -2.08. The molecule has 0 radical (unpaired) electrons. The Morgan fingerprint density at radius 1 is 0.897 bits per heavy atom. The van der Waals surface area contributed by atoms with E-state index in [0.29, 0.717) is 23.6 Å². The number of amides is 1. The number of hydrogen-bond donors (Lipinski definition) is 1. The van der Waals surface area contributed by atoms with Crippen LogP contribution in [-0.4, -0.2) is 18.5 Å². The monoisotopic (exact) mass is 421 g/mol. The molecule has 0 unspecified atom stereocenters. The fourth-order valence-electron chi connectivity index (χ4n) is 4.05. The summed E-state index contributed by atoms with van der Waals surface area (Å²) in [6, 6.07) is 0. The summed E-state index contributed by atoms with van der Waals surface area (Å²) in [5.41, 5.74) is 1.70. The normalized spacial score (nSPS) is 12.8. The Hall–Kier alpha value is -1.36. The topological polar surface area (TPSA) is 55.4 Å². The summed E-state index contributed by atoms with van der Waals surface area (Å²) in [5, 5.41) is 3.69. The van der Waals surface area contributed by atoms with Crippen LogP contribution in [0.4, 0.5) is 5.00 Å². The Balaban J connectivity index is 1.63. The number of rotatable bonds is 15. The number of carbonyl (C=O) groups is 2.